The summed E-state index contributed by atoms with van der Waals surface area (Å²) in [6.07, 6.45) is 1.27. The zero-order chi connectivity index (χ0) is 17.9. The Bertz CT molecular complexity index is 766. The molecule has 0 aliphatic carbocycles. The zero-order valence-corrected chi connectivity index (χ0v) is 13.3. The van der Waals surface area contributed by atoms with Gasteiger partial charge in [0, 0.05) is 18.2 Å². The van der Waals surface area contributed by atoms with E-state index >= 15 is 0 Å². The van der Waals surface area contributed by atoms with Gasteiger partial charge < -0.3 is 25.4 Å². The van der Waals surface area contributed by atoms with Crippen LogP contribution in [0, 0.1) is 0 Å². The number of hydrogen-bond donors (Lipinski definition) is 5. The van der Waals surface area contributed by atoms with Gasteiger partial charge in [-0.15, -0.1) is 0 Å². The highest BCUT2D eigenvalue weighted by Gasteiger charge is 2.37. The average Bonchev–Trinajstić information content (AvgIpc) is 2.84. The second-order valence-corrected chi connectivity index (χ2v) is 6.41. The van der Waals surface area contributed by atoms with Crippen LogP contribution in [0.15, 0.2) is 28.1 Å². The van der Waals surface area contributed by atoms with Crippen molar-refractivity contribution in [1.82, 2.24) is 9.55 Å². The van der Waals surface area contributed by atoms with Crippen molar-refractivity contribution in [3.8, 4) is 0 Å². The fourth-order valence-corrected chi connectivity index (χ4v) is 2.63. The number of nitrogens with one attached hydrogen (secondary N) is 1. The van der Waals surface area contributed by atoms with Crippen LogP contribution in [-0.2, 0) is 20.2 Å². The SMILES string of the molecule is NC=CCc1cn([C@H]2C[C@H](O)[C@@H](COP(=O)(O)O)O2)c(=O)[nH]c1=O. The normalized spacial score (nSPS) is 24.7. The molecule has 1 aromatic rings. The summed E-state index contributed by atoms with van der Waals surface area (Å²) in [7, 11) is -4.70. The number of hydrogen-bond acceptors (Lipinski definition) is 7. The number of aromatic amines is 1. The molecular weight excluding hydrogens is 345 g/mol. The number of aromatic nitrogens is 2. The first-order chi connectivity index (χ1) is 11.2. The molecular formula is C12H18N3O8P. The summed E-state index contributed by atoms with van der Waals surface area (Å²) in [4.78, 5) is 43.1. The van der Waals surface area contributed by atoms with Gasteiger partial charge in [-0.25, -0.2) is 9.36 Å². The molecule has 134 valence electrons. The number of aliphatic hydroxyl groups excluding tert-OH is 1. The molecule has 0 amide bonds. The number of nitrogens with two attached hydrogens (primary N) is 1. The van der Waals surface area contributed by atoms with Gasteiger partial charge in [0.25, 0.3) is 5.56 Å². The monoisotopic (exact) mass is 363 g/mol. The summed E-state index contributed by atoms with van der Waals surface area (Å²) in [6.45, 7) is -0.539. The summed E-state index contributed by atoms with van der Waals surface area (Å²) in [5, 5.41) is 9.90. The fourth-order valence-electron chi connectivity index (χ4n) is 2.29. The van der Waals surface area contributed by atoms with Crippen LogP contribution >= 0.6 is 7.82 Å². The molecule has 3 atom stereocenters. The maximum Gasteiger partial charge on any atom is 0.469 e. The van der Waals surface area contributed by atoms with E-state index in [1.165, 1.54) is 18.5 Å². The third-order valence-electron chi connectivity index (χ3n) is 3.44. The highest BCUT2D eigenvalue weighted by Crippen LogP contribution is 2.38. The van der Waals surface area contributed by atoms with Crippen molar-refractivity contribution in [3.63, 3.8) is 0 Å². The number of phosphoric ester groups is 1. The Kier molecular flexibility index (Phi) is 5.75. The Morgan fingerprint density at radius 3 is 2.83 bits per heavy atom. The molecule has 2 rings (SSSR count). The van der Waals surface area contributed by atoms with E-state index in [1.807, 2.05) is 0 Å². The van der Waals surface area contributed by atoms with Crippen LogP contribution in [0.1, 0.15) is 18.2 Å². The first kappa shape index (κ1) is 18.6. The summed E-state index contributed by atoms with van der Waals surface area (Å²) in [5.41, 5.74) is 4.20. The van der Waals surface area contributed by atoms with Gasteiger partial charge in [0.05, 0.1) is 12.7 Å². The highest BCUT2D eigenvalue weighted by molar-refractivity contribution is 7.46. The van der Waals surface area contributed by atoms with Crippen molar-refractivity contribution in [3.05, 3.63) is 44.9 Å². The molecule has 1 fully saturated rings. The number of H-pyrrole nitrogens is 1. The first-order valence-electron chi connectivity index (χ1n) is 6.96. The molecule has 0 saturated carbocycles. The highest BCUT2D eigenvalue weighted by atomic mass is 31.2. The predicted molar refractivity (Wildman–Crippen MR) is 80.9 cm³/mol. The third kappa shape index (κ3) is 4.63. The molecule has 0 aromatic carbocycles. The van der Waals surface area contributed by atoms with Gasteiger partial charge in [-0.3, -0.25) is 18.9 Å². The van der Waals surface area contributed by atoms with Crippen molar-refractivity contribution in [2.75, 3.05) is 6.61 Å². The molecule has 1 aromatic heterocycles. The van der Waals surface area contributed by atoms with Crippen LogP contribution < -0.4 is 17.0 Å². The molecule has 1 aliphatic rings. The van der Waals surface area contributed by atoms with E-state index in [0.717, 1.165) is 4.57 Å². The Morgan fingerprint density at radius 2 is 2.21 bits per heavy atom. The lowest BCUT2D eigenvalue weighted by Gasteiger charge is -2.16. The Morgan fingerprint density at radius 1 is 1.50 bits per heavy atom. The summed E-state index contributed by atoms with van der Waals surface area (Å²) >= 11 is 0. The summed E-state index contributed by atoms with van der Waals surface area (Å²) in [6, 6.07) is 0. The number of rotatable bonds is 6. The van der Waals surface area contributed by atoms with Crippen molar-refractivity contribution >= 4 is 7.82 Å². The third-order valence-corrected chi connectivity index (χ3v) is 3.92. The van der Waals surface area contributed by atoms with Crippen LogP contribution in [-0.4, -0.2) is 43.3 Å². The first-order valence-corrected chi connectivity index (χ1v) is 8.49. The van der Waals surface area contributed by atoms with Crippen molar-refractivity contribution in [1.29, 1.82) is 0 Å². The van der Waals surface area contributed by atoms with Crippen LogP contribution in [0.2, 0.25) is 0 Å². The van der Waals surface area contributed by atoms with Crippen molar-refractivity contribution < 1.29 is 28.7 Å². The lowest BCUT2D eigenvalue weighted by molar-refractivity contribution is -0.0451. The number of nitrogens with zero attached hydrogens (tertiary/aromatic N) is 1. The van der Waals surface area contributed by atoms with Gasteiger partial charge in [-0.2, -0.15) is 0 Å². The van der Waals surface area contributed by atoms with E-state index < -0.39 is 44.1 Å². The van der Waals surface area contributed by atoms with E-state index in [1.54, 1.807) is 0 Å². The van der Waals surface area contributed by atoms with E-state index in [9.17, 15) is 19.3 Å². The number of aliphatic hydroxyl groups is 1. The van der Waals surface area contributed by atoms with Crippen LogP contribution in [0.4, 0.5) is 0 Å². The molecule has 0 radical (unpaired) electrons. The van der Waals surface area contributed by atoms with Gasteiger partial charge in [0.2, 0.25) is 0 Å². The number of allylic oxidation sites excluding steroid dienone is 1. The molecule has 1 saturated heterocycles. The van der Waals surface area contributed by atoms with Crippen LogP contribution in [0.25, 0.3) is 0 Å². The zero-order valence-electron chi connectivity index (χ0n) is 12.4. The second-order valence-electron chi connectivity index (χ2n) is 5.17. The maximum atomic E-state index is 11.9. The molecule has 6 N–H and O–H groups in total. The van der Waals surface area contributed by atoms with E-state index in [0.29, 0.717) is 0 Å². The van der Waals surface area contributed by atoms with Crippen LogP contribution in [0.3, 0.4) is 0 Å². The van der Waals surface area contributed by atoms with E-state index in [-0.39, 0.29) is 18.4 Å². The standard InChI is InChI=1S/C12H18N3O8P/c13-3-1-2-7-5-15(12(18)14-11(7)17)10-4-8(16)9(23-10)6-22-24(19,20)21/h1,3,5,8-10,16H,2,4,6,13H2,(H,14,17,18)(H2,19,20,21)/t8-,9+,10+/m0/s1. The quantitative estimate of drug-likeness (QED) is 0.369. The lowest BCUT2D eigenvalue weighted by Crippen LogP contribution is -2.34. The van der Waals surface area contributed by atoms with Gasteiger partial charge in [0.15, 0.2) is 0 Å². The molecule has 12 heteroatoms. The second kappa shape index (κ2) is 7.43. The van der Waals surface area contributed by atoms with E-state index in [2.05, 4.69) is 9.51 Å². The molecule has 11 nitrogen and oxygen atoms in total. The fraction of sp³-hybridized carbons (Fsp3) is 0.500. The number of ether oxygens (including phenoxy) is 1. The topological polar surface area (TPSA) is 177 Å². The average molecular weight is 363 g/mol. The van der Waals surface area contributed by atoms with Crippen molar-refractivity contribution in [2.24, 2.45) is 5.73 Å². The van der Waals surface area contributed by atoms with E-state index in [4.69, 9.17) is 20.3 Å². The molecule has 0 spiro atoms. The Labute approximate surface area is 135 Å². The molecule has 0 bridgehead atoms. The maximum absolute atomic E-state index is 11.9. The number of phosphoric acid groups is 1. The van der Waals surface area contributed by atoms with Gasteiger partial charge >= 0.3 is 13.5 Å². The smallest absolute Gasteiger partial charge is 0.405 e. The van der Waals surface area contributed by atoms with Gasteiger partial charge in [-0.05, 0) is 12.6 Å². The minimum absolute atomic E-state index is 0.00664. The predicted octanol–water partition coefficient (Wildman–Crippen LogP) is -1.69. The summed E-state index contributed by atoms with van der Waals surface area (Å²) < 4.78 is 21.5. The van der Waals surface area contributed by atoms with Crippen LogP contribution in [0.5, 0.6) is 0 Å². The molecule has 24 heavy (non-hydrogen) atoms. The lowest BCUT2D eigenvalue weighted by atomic mass is 10.2. The van der Waals surface area contributed by atoms with Crippen molar-refractivity contribution in [2.45, 2.75) is 31.3 Å². The Balaban J connectivity index is 2.18. The Hall–Kier alpha value is -1.75. The molecule has 0 unspecified atom stereocenters. The van der Waals surface area contributed by atoms with Gasteiger partial charge in [0.1, 0.15) is 12.3 Å². The summed E-state index contributed by atoms with van der Waals surface area (Å²) in [5.74, 6) is 0. The molecule has 1 aliphatic heterocycles. The minimum atomic E-state index is -4.70. The molecule has 2 heterocycles. The largest absolute Gasteiger partial charge is 0.469 e. The van der Waals surface area contributed by atoms with Gasteiger partial charge in [-0.1, -0.05) is 6.08 Å². The minimum Gasteiger partial charge on any atom is -0.405 e.